The van der Waals surface area contributed by atoms with Crippen LogP contribution in [0.3, 0.4) is 0 Å². The first-order valence-corrected chi connectivity index (χ1v) is 5.56. The number of hydrogen-bond acceptors (Lipinski definition) is 4. The van der Waals surface area contributed by atoms with Crippen LogP contribution in [0.5, 0.6) is 0 Å². The van der Waals surface area contributed by atoms with Crippen LogP contribution in [0.2, 0.25) is 0 Å². The summed E-state index contributed by atoms with van der Waals surface area (Å²) in [6.45, 7) is 2.07. The smallest absolute Gasteiger partial charge is 0.271 e. The standard InChI is InChI=1S/C12H12N2O4/c1-8-2-3-9(14(17)18)6-11(8)13-5-4-10(15)7-12(13)16/h2-3,6H,4-5,7H2,1H3. The van der Waals surface area contributed by atoms with E-state index >= 15 is 0 Å². The maximum atomic E-state index is 11.8. The van der Waals surface area contributed by atoms with Gasteiger partial charge < -0.3 is 4.90 Å². The van der Waals surface area contributed by atoms with E-state index in [0.29, 0.717) is 18.7 Å². The monoisotopic (exact) mass is 248 g/mol. The summed E-state index contributed by atoms with van der Waals surface area (Å²) in [6, 6.07) is 4.39. The highest BCUT2D eigenvalue weighted by Gasteiger charge is 2.26. The maximum Gasteiger partial charge on any atom is 0.271 e. The lowest BCUT2D eigenvalue weighted by atomic mass is 10.1. The van der Waals surface area contributed by atoms with Crippen molar-refractivity contribution in [1.82, 2.24) is 0 Å². The number of amides is 1. The molecule has 0 aromatic heterocycles. The molecule has 2 rings (SSSR count). The first kappa shape index (κ1) is 12.2. The molecule has 1 aromatic carbocycles. The summed E-state index contributed by atoms with van der Waals surface area (Å²) < 4.78 is 0. The Kier molecular flexibility index (Phi) is 3.10. The topological polar surface area (TPSA) is 80.5 Å². The Morgan fingerprint density at radius 2 is 2.06 bits per heavy atom. The summed E-state index contributed by atoms with van der Waals surface area (Å²) in [5.74, 6) is -0.380. The molecule has 1 aromatic rings. The molecule has 0 saturated carbocycles. The van der Waals surface area contributed by atoms with Crippen LogP contribution < -0.4 is 4.90 Å². The fraction of sp³-hybridized carbons (Fsp3) is 0.333. The van der Waals surface area contributed by atoms with Crippen molar-refractivity contribution in [1.29, 1.82) is 0 Å². The number of benzene rings is 1. The highest BCUT2D eigenvalue weighted by atomic mass is 16.6. The summed E-state index contributed by atoms with van der Waals surface area (Å²) in [6.07, 6.45) is 0.177. The normalized spacial score (nSPS) is 15.9. The third kappa shape index (κ3) is 2.22. The predicted molar refractivity (Wildman–Crippen MR) is 64.4 cm³/mol. The molecule has 0 spiro atoms. The number of carbonyl (C=O) groups excluding carboxylic acids is 2. The molecule has 0 bridgehead atoms. The van der Waals surface area contributed by atoms with Crippen molar-refractivity contribution in [2.45, 2.75) is 19.8 Å². The zero-order valence-electron chi connectivity index (χ0n) is 9.88. The van der Waals surface area contributed by atoms with E-state index in [4.69, 9.17) is 0 Å². The van der Waals surface area contributed by atoms with E-state index in [1.54, 1.807) is 13.0 Å². The molecule has 1 heterocycles. The van der Waals surface area contributed by atoms with Crippen LogP contribution in [0.4, 0.5) is 11.4 Å². The van der Waals surface area contributed by atoms with Gasteiger partial charge in [0.05, 0.1) is 17.0 Å². The molecule has 1 fully saturated rings. The van der Waals surface area contributed by atoms with E-state index in [-0.39, 0.29) is 23.8 Å². The van der Waals surface area contributed by atoms with Gasteiger partial charge in [0, 0.05) is 25.1 Å². The number of hydrogen-bond donors (Lipinski definition) is 0. The highest BCUT2D eigenvalue weighted by Crippen LogP contribution is 2.27. The fourth-order valence-electron chi connectivity index (χ4n) is 1.97. The quantitative estimate of drug-likeness (QED) is 0.452. The second-order valence-electron chi connectivity index (χ2n) is 4.24. The van der Waals surface area contributed by atoms with E-state index in [1.165, 1.54) is 17.0 Å². The largest absolute Gasteiger partial charge is 0.311 e. The van der Waals surface area contributed by atoms with Crippen LogP contribution >= 0.6 is 0 Å². The number of Topliss-reactive ketones (excluding diaryl/α,β-unsaturated/α-hetero) is 1. The fourth-order valence-corrected chi connectivity index (χ4v) is 1.97. The second-order valence-corrected chi connectivity index (χ2v) is 4.24. The Hall–Kier alpha value is -2.24. The molecule has 1 saturated heterocycles. The molecular weight excluding hydrogens is 236 g/mol. The van der Waals surface area contributed by atoms with Crippen LogP contribution in [0.1, 0.15) is 18.4 Å². The van der Waals surface area contributed by atoms with Gasteiger partial charge in [0.15, 0.2) is 0 Å². The number of ketones is 1. The van der Waals surface area contributed by atoms with Crippen LogP contribution in [0.15, 0.2) is 18.2 Å². The maximum absolute atomic E-state index is 11.8. The van der Waals surface area contributed by atoms with Gasteiger partial charge in [-0.3, -0.25) is 19.7 Å². The minimum Gasteiger partial charge on any atom is -0.311 e. The molecule has 0 unspecified atom stereocenters. The van der Waals surface area contributed by atoms with E-state index < -0.39 is 4.92 Å². The average Bonchev–Trinajstić information content (AvgIpc) is 2.30. The minimum absolute atomic E-state index is 0.0553. The number of rotatable bonds is 2. The zero-order valence-corrected chi connectivity index (χ0v) is 9.88. The van der Waals surface area contributed by atoms with Crippen LogP contribution in [-0.4, -0.2) is 23.2 Å². The number of carbonyl (C=O) groups is 2. The Morgan fingerprint density at radius 3 is 2.67 bits per heavy atom. The van der Waals surface area contributed by atoms with Crippen molar-refractivity contribution < 1.29 is 14.5 Å². The number of anilines is 1. The van der Waals surface area contributed by atoms with Gasteiger partial charge in [-0.1, -0.05) is 6.07 Å². The number of non-ortho nitro benzene ring substituents is 1. The van der Waals surface area contributed by atoms with Gasteiger partial charge >= 0.3 is 0 Å². The van der Waals surface area contributed by atoms with E-state index in [1.807, 2.05) is 0 Å². The van der Waals surface area contributed by atoms with Gasteiger partial charge in [-0.25, -0.2) is 0 Å². The molecular formula is C12H12N2O4. The minimum atomic E-state index is -0.498. The summed E-state index contributed by atoms with van der Waals surface area (Å²) in [4.78, 5) is 34.6. The summed E-state index contributed by atoms with van der Waals surface area (Å²) in [7, 11) is 0. The van der Waals surface area contributed by atoms with Crippen molar-refractivity contribution in [2.24, 2.45) is 0 Å². The Balaban J connectivity index is 2.38. The van der Waals surface area contributed by atoms with Gasteiger partial charge in [-0.15, -0.1) is 0 Å². The number of nitrogens with zero attached hydrogens (tertiary/aromatic N) is 2. The Bertz CT molecular complexity index is 539. The first-order valence-electron chi connectivity index (χ1n) is 5.56. The van der Waals surface area contributed by atoms with Gasteiger partial charge in [0.2, 0.25) is 5.91 Å². The average molecular weight is 248 g/mol. The van der Waals surface area contributed by atoms with E-state index in [2.05, 4.69) is 0 Å². The third-order valence-electron chi connectivity index (χ3n) is 2.96. The summed E-state index contributed by atoms with van der Waals surface area (Å²) in [5.41, 5.74) is 1.24. The van der Waals surface area contributed by atoms with Crippen LogP contribution in [0, 0.1) is 17.0 Å². The van der Waals surface area contributed by atoms with Crippen molar-refractivity contribution >= 4 is 23.1 Å². The highest BCUT2D eigenvalue weighted by molar-refractivity contribution is 6.08. The predicted octanol–water partition coefficient (Wildman–Crippen LogP) is 1.60. The molecule has 1 aliphatic heterocycles. The number of nitro groups is 1. The lowest BCUT2D eigenvalue weighted by Crippen LogP contribution is -2.39. The molecule has 0 N–H and O–H groups in total. The first-order chi connectivity index (χ1) is 8.49. The lowest BCUT2D eigenvalue weighted by Gasteiger charge is -2.27. The van der Waals surface area contributed by atoms with Crippen LogP contribution in [0.25, 0.3) is 0 Å². The van der Waals surface area contributed by atoms with E-state index in [9.17, 15) is 19.7 Å². The molecule has 94 valence electrons. The second kappa shape index (κ2) is 4.56. The molecule has 18 heavy (non-hydrogen) atoms. The number of aryl methyl sites for hydroxylation is 1. The summed E-state index contributed by atoms with van der Waals surface area (Å²) in [5, 5.41) is 10.7. The van der Waals surface area contributed by atoms with Crippen molar-refractivity contribution in [3.05, 3.63) is 33.9 Å². The molecule has 0 radical (unpaired) electrons. The van der Waals surface area contributed by atoms with Crippen molar-refractivity contribution in [3.8, 4) is 0 Å². The molecule has 0 aliphatic carbocycles. The lowest BCUT2D eigenvalue weighted by molar-refractivity contribution is -0.384. The molecule has 6 heteroatoms. The SMILES string of the molecule is Cc1ccc([N+](=O)[O-])cc1N1CCC(=O)CC1=O. The molecule has 1 aliphatic rings. The summed E-state index contributed by atoms with van der Waals surface area (Å²) >= 11 is 0. The van der Waals surface area contributed by atoms with Gasteiger partial charge in [0.25, 0.3) is 5.69 Å². The van der Waals surface area contributed by atoms with Crippen molar-refractivity contribution in [2.75, 3.05) is 11.4 Å². The molecule has 6 nitrogen and oxygen atoms in total. The Morgan fingerprint density at radius 1 is 1.33 bits per heavy atom. The zero-order chi connectivity index (χ0) is 13.3. The van der Waals surface area contributed by atoms with Crippen LogP contribution in [-0.2, 0) is 9.59 Å². The van der Waals surface area contributed by atoms with Gasteiger partial charge in [-0.2, -0.15) is 0 Å². The number of piperidine rings is 1. The third-order valence-corrected chi connectivity index (χ3v) is 2.96. The molecule has 0 atom stereocenters. The van der Waals surface area contributed by atoms with Gasteiger partial charge in [0.1, 0.15) is 5.78 Å². The van der Waals surface area contributed by atoms with E-state index in [0.717, 1.165) is 5.56 Å². The van der Waals surface area contributed by atoms with Gasteiger partial charge in [-0.05, 0) is 12.5 Å². The van der Waals surface area contributed by atoms with Crippen molar-refractivity contribution in [3.63, 3.8) is 0 Å². The number of nitro benzene ring substituents is 1. The Labute approximate surface area is 103 Å². The molecule has 1 amide bonds.